The van der Waals surface area contributed by atoms with Crippen LogP contribution in [0.1, 0.15) is 10.4 Å². The van der Waals surface area contributed by atoms with Crippen molar-refractivity contribution in [2.45, 2.75) is 4.90 Å². The van der Waals surface area contributed by atoms with Crippen LogP contribution in [0.15, 0.2) is 47.4 Å². The lowest BCUT2D eigenvalue weighted by Crippen LogP contribution is -2.40. The molecule has 0 bridgehead atoms. The Morgan fingerprint density at radius 3 is 2.46 bits per heavy atom. The topological polar surface area (TPSA) is 75.7 Å². The third-order valence-electron chi connectivity index (χ3n) is 3.88. The standard InChI is InChI=1S/C17H16Cl2N2O4S/c18-15-5-4-12(10-16(15)19)17(22)20-13-2-1-3-14(11-13)26(23,24)21-6-8-25-9-7-21/h1-5,10-11H,6-9H2,(H,20,22). The van der Waals surface area contributed by atoms with Gasteiger partial charge in [0, 0.05) is 24.3 Å². The van der Waals surface area contributed by atoms with E-state index in [0.717, 1.165) is 0 Å². The number of amides is 1. The van der Waals surface area contributed by atoms with Crippen LogP contribution >= 0.6 is 23.2 Å². The minimum atomic E-state index is -3.63. The third-order valence-corrected chi connectivity index (χ3v) is 6.52. The summed E-state index contributed by atoms with van der Waals surface area (Å²) in [6.45, 7) is 1.35. The predicted molar refractivity (Wildman–Crippen MR) is 100 cm³/mol. The van der Waals surface area contributed by atoms with Gasteiger partial charge < -0.3 is 10.1 Å². The van der Waals surface area contributed by atoms with E-state index in [1.165, 1.54) is 34.6 Å². The lowest BCUT2D eigenvalue weighted by Gasteiger charge is -2.26. The molecule has 0 unspecified atom stereocenters. The van der Waals surface area contributed by atoms with Crippen molar-refractivity contribution in [3.63, 3.8) is 0 Å². The van der Waals surface area contributed by atoms with Crippen LogP contribution in [0.4, 0.5) is 5.69 Å². The summed E-state index contributed by atoms with van der Waals surface area (Å²) in [4.78, 5) is 12.5. The first-order valence-corrected chi connectivity index (χ1v) is 10.0. The minimum Gasteiger partial charge on any atom is -0.379 e. The monoisotopic (exact) mass is 414 g/mol. The van der Waals surface area contributed by atoms with E-state index < -0.39 is 15.9 Å². The molecular formula is C17H16Cl2N2O4S. The summed E-state index contributed by atoms with van der Waals surface area (Å²) in [5.74, 6) is -0.413. The molecule has 1 fully saturated rings. The van der Waals surface area contributed by atoms with Gasteiger partial charge in [0.1, 0.15) is 0 Å². The van der Waals surface area contributed by atoms with Crippen LogP contribution < -0.4 is 5.32 Å². The zero-order chi connectivity index (χ0) is 18.7. The van der Waals surface area contributed by atoms with Crippen LogP contribution in [0.25, 0.3) is 0 Å². The molecule has 0 aliphatic carbocycles. The van der Waals surface area contributed by atoms with Gasteiger partial charge >= 0.3 is 0 Å². The quantitative estimate of drug-likeness (QED) is 0.832. The number of hydrogen-bond donors (Lipinski definition) is 1. The van der Waals surface area contributed by atoms with Crippen molar-refractivity contribution in [1.29, 1.82) is 0 Å². The Morgan fingerprint density at radius 2 is 1.77 bits per heavy atom. The zero-order valence-corrected chi connectivity index (χ0v) is 15.9. The second-order valence-corrected chi connectivity index (χ2v) is 8.38. The summed E-state index contributed by atoms with van der Waals surface area (Å²) < 4.78 is 32.0. The maximum atomic E-state index is 12.7. The molecule has 1 heterocycles. The fraction of sp³-hybridized carbons (Fsp3) is 0.235. The maximum Gasteiger partial charge on any atom is 0.255 e. The van der Waals surface area contributed by atoms with E-state index in [0.29, 0.717) is 42.6 Å². The molecule has 2 aromatic carbocycles. The highest BCUT2D eigenvalue weighted by atomic mass is 35.5. The van der Waals surface area contributed by atoms with Gasteiger partial charge in [-0.25, -0.2) is 8.42 Å². The lowest BCUT2D eigenvalue weighted by atomic mass is 10.2. The van der Waals surface area contributed by atoms with E-state index in [4.69, 9.17) is 27.9 Å². The van der Waals surface area contributed by atoms with Gasteiger partial charge in [-0.05, 0) is 36.4 Å². The number of hydrogen-bond acceptors (Lipinski definition) is 4. The Kier molecular flexibility index (Phi) is 5.84. The van der Waals surface area contributed by atoms with Crippen molar-refractivity contribution < 1.29 is 17.9 Å². The first-order chi connectivity index (χ1) is 12.4. The maximum absolute atomic E-state index is 12.7. The number of halogens is 2. The van der Waals surface area contributed by atoms with Crippen molar-refractivity contribution in [2.24, 2.45) is 0 Å². The van der Waals surface area contributed by atoms with E-state index in [-0.39, 0.29) is 9.92 Å². The molecule has 1 aliphatic heterocycles. The van der Waals surface area contributed by atoms with Gasteiger partial charge in [0.2, 0.25) is 10.0 Å². The Bertz CT molecular complexity index is 928. The minimum absolute atomic E-state index is 0.117. The van der Waals surface area contributed by atoms with Gasteiger partial charge in [0.05, 0.1) is 28.2 Å². The van der Waals surface area contributed by atoms with Crippen LogP contribution in [-0.4, -0.2) is 44.9 Å². The van der Waals surface area contributed by atoms with Crippen LogP contribution in [0.5, 0.6) is 0 Å². The van der Waals surface area contributed by atoms with Gasteiger partial charge in [0.25, 0.3) is 5.91 Å². The molecule has 1 saturated heterocycles. The van der Waals surface area contributed by atoms with Gasteiger partial charge in [-0.1, -0.05) is 29.3 Å². The molecule has 1 N–H and O–H groups in total. The molecule has 1 amide bonds. The van der Waals surface area contributed by atoms with Crippen molar-refractivity contribution in [2.75, 3.05) is 31.6 Å². The molecule has 0 radical (unpaired) electrons. The first-order valence-electron chi connectivity index (χ1n) is 7.82. The number of anilines is 1. The highest BCUT2D eigenvalue weighted by Crippen LogP contribution is 2.24. The number of carbonyl (C=O) groups excluding carboxylic acids is 1. The second kappa shape index (κ2) is 7.94. The third kappa shape index (κ3) is 4.19. The van der Waals surface area contributed by atoms with E-state index in [9.17, 15) is 13.2 Å². The van der Waals surface area contributed by atoms with E-state index in [2.05, 4.69) is 5.32 Å². The molecule has 0 atom stereocenters. The molecule has 2 aromatic rings. The molecule has 138 valence electrons. The summed E-state index contributed by atoms with van der Waals surface area (Å²) in [5.41, 5.74) is 0.691. The molecule has 0 spiro atoms. The Balaban J connectivity index is 1.80. The molecule has 26 heavy (non-hydrogen) atoms. The SMILES string of the molecule is O=C(Nc1cccc(S(=O)(=O)N2CCOCC2)c1)c1ccc(Cl)c(Cl)c1. The molecule has 3 rings (SSSR count). The van der Waals surface area contributed by atoms with E-state index in [1.54, 1.807) is 12.1 Å². The molecular weight excluding hydrogens is 399 g/mol. The largest absolute Gasteiger partial charge is 0.379 e. The number of benzene rings is 2. The number of rotatable bonds is 4. The first kappa shape index (κ1) is 19.1. The van der Waals surface area contributed by atoms with Crippen molar-refractivity contribution in [1.82, 2.24) is 4.31 Å². The number of morpholine rings is 1. The normalized spacial score (nSPS) is 15.6. The number of nitrogens with zero attached hydrogens (tertiary/aromatic N) is 1. The molecule has 1 aliphatic rings. The van der Waals surface area contributed by atoms with Gasteiger partial charge in [-0.3, -0.25) is 4.79 Å². The average molecular weight is 415 g/mol. The fourth-order valence-corrected chi connectivity index (χ4v) is 4.26. The molecule has 0 saturated carbocycles. The summed E-state index contributed by atoms with van der Waals surface area (Å²) in [7, 11) is -3.63. The highest BCUT2D eigenvalue weighted by molar-refractivity contribution is 7.89. The van der Waals surface area contributed by atoms with Crippen molar-refractivity contribution >= 4 is 44.8 Å². The van der Waals surface area contributed by atoms with Gasteiger partial charge in [-0.2, -0.15) is 4.31 Å². The van der Waals surface area contributed by atoms with Gasteiger partial charge in [0.15, 0.2) is 0 Å². The van der Waals surface area contributed by atoms with E-state index >= 15 is 0 Å². The number of sulfonamides is 1. The summed E-state index contributed by atoms with van der Waals surface area (Å²) in [6.07, 6.45) is 0. The fourth-order valence-electron chi connectivity index (χ4n) is 2.51. The summed E-state index contributed by atoms with van der Waals surface area (Å²) in [5, 5.41) is 3.29. The number of nitrogens with one attached hydrogen (secondary N) is 1. The van der Waals surface area contributed by atoms with Gasteiger partial charge in [-0.15, -0.1) is 0 Å². The van der Waals surface area contributed by atoms with Crippen LogP contribution in [0, 0.1) is 0 Å². The second-order valence-electron chi connectivity index (χ2n) is 5.63. The number of carbonyl (C=O) groups is 1. The average Bonchev–Trinajstić information content (AvgIpc) is 2.65. The molecule has 9 heteroatoms. The Labute approximate surface area is 161 Å². The lowest BCUT2D eigenvalue weighted by molar-refractivity contribution is 0.0730. The summed E-state index contributed by atoms with van der Waals surface area (Å²) in [6, 6.07) is 10.6. The Hall–Kier alpha value is -1.64. The van der Waals surface area contributed by atoms with Crippen molar-refractivity contribution in [3.8, 4) is 0 Å². The number of ether oxygens (including phenoxy) is 1. The van der Waals surface area contributed by atoms with Crippen LogP contribution in [0.2, 0.25) is 10.0 Å². The van der Waals surface area contributed by atoms with Crippen LogP contribution in [0.3, 0.4) is 0 Å². The Morgan fingerprint density at radius 1 is 1.04 bits per heavy atom. The zero-order valence-electron chi connectivity index (χ0n) is 13.6. The highest BCUT2D eigenvalue weighted by Gasteiger charge is 2.26. The predicted octanol–water partition coefficient (Wildman–Crippen LogP) is 3.27. The van der Waals surface area contributed by atoms with Crippen molar-refractivity contribution in [3.05, 3.63) is 58.1 Å². The molecule has 6 nitrogen and oxygen atoms in total. The smallest absolute Gasteiger partial charge is 0.255 e. The van der Waals surface area contributed by atoms with E-state index in [1.807, 2.05) is 0 Å². The van der Waals surface area contributed by atoms with Crippen LogP contribution in [-0.2, 0) is 14.8 Å². The summed E-state index contributed by atoms with van der Waals surface area (Å²) >= 11 is 11.8. The molecule has 0 aromatic heterocycles.